The normalized spacial score (nSPS) is 13.4. The van der Waals surface area contributed by atoms with Crippen LogP contribution < -0.4 is 0 Å². The second kappa shape index (κ2) is 3.83. The maximum atomic E-state index is 10.2. The van der Waals surface area contributed by atoms with Crippen molar-refractivity contribution in [1.82, 2.24) is 0 Å². The van der Waals surface area contributed by atoms with E-state index >= 15 is 0 Å². The molecule has 47 valence electrons. The van der Waals surface area contributed by atoms with E-state index in [0.29, 0.717) is 0 Å². The van der Waals surface area contributed by atoms with Crippen LogP contribution in [0.4, 0.5) is 0 Å². The summed E-state index contributed by atoms with van der Waals surface area (Å²) in [6.45, 7) is 1.25. The number of Topliss-reactive ketones (excluding diaryl/α,β-unsaturated/α-hetero) is 1. The summed E-state index contributed by atoms with van der Waals surface area (Å²) in [5, 5.41) is 9.50. The van der Waals surface area contributed by atoms with Gasteiger partial charge < -0.3 is 0 Å². The average molecular weight is 138 g/mol. The van der Waals surface area contributed by atoms with E-state index in [-0.39, 0.29) is 11.7 Å². The summed E-state index contributed by atoms with van der Waals surface area (Å²) in [5.41, 5.74) is 0. The van der Waals surface area contributed by atoms with Gasteiger partial charge in [-0.05, 0) is 12.2 Å². The molecule has 0 aromatic carbocycles. The van der Waals surface area contributed by atoms with Gasteiger partial charge in [0.2, 0.25) is 0 Å². The summed E-state index contributed by atoms with van der Waals surface area (Å²) in [5.74, 6) is -0.409. The van der Waals surface area contributed by atoms with E-state index in [2.05, 4.69) is 4.89 Å². The van der Waals surface area contributed by atoms with Crippen LogP contribution in [0.25, 0.3) is 0 Å². The highest BCUT2D eigenvalue weighted by Gasteiger charge is 2.12. The average Bonchev–Trinajstić information content (AvgIpc) is 1.69. The lowest BCUT2D eigenvalue weighted by molar-refractivity contribution is -0.321. The maximum absolute atomic E-state index is 10.2. The van der Waals surface area contributed by atoms with Crippen LogP contribution in [-0.2, 0) is 14.9 Å². The molecule has 4 heteroatoms. The van der Waals surface area contributed by atoms with E-state index in [0.717, 1.165) is 0 Å². The summed E-state index contributed by atoms with van der Waals surface area (Å²) < 4.78 is 0. The van der Waals surface area contributed by atoms with Crippen molar-refractivity contribution in [2.45, 2.75) is 13.0 Å². The van der Waals surface area contributed by atoms with Crippen LogP contribution in [0.15, 0.2) is 0 Å². The van der Waals surface area contributed by atoms with Gasteiger partial charge in [0.05, 0.1) is 5.88 Å². The summed E-state index contributed by atoms with van der Waals surface area (Å²) in [6, 6.07) is 0. The summed E-state index contributed by atoms with van der Waals surface area (Å²) in [4.78, 5) is 13.6. The number of halogens is 1. The third-order valence-corrected chi connectivity index (χ3v) is 0.990. The van der Waals surface area contributed by atoms with Gasteiger partial charge in [-0.3, -0.25) is 4.79 Å². The Morgan fingerprint density at radius 2 is 2.38 bits per heavy atom. The molecule has 0 bridgehead atoms. The van der Waals surface area contributed by atoms with E-state index in [1.807, 2.05) is 0 Å². The van der Waals surface area contributed by atoms with Crippen LogP contribution in [-0.4, -0.2) is 17.8 Å². The predicted octanol–water partition coefficient (Wildman–Crippen LogP) is 0.545. The molecule has 0 rings (SSSR count). The molecular weight excluding hydrogens is 131 g/mol. The van der Waals surface area contributed by atoms with Gasteiger partial charge in [0.15, 0.2) is 11.9 Å². The molecular formula is C4H6ClO3. The fourth-order valence-corrected chi connectivity index (χ4v) is 0.471. The van der Waals surface area contributed by atoms with E-state index in [1.54, 1.807) is 0 Å². The largest absolute Gasteiger partial charge is 0.297 e. The Kier molecular flexibility index (Phi) is 3.77. The van der Waals surface area contributed by atoms with Crippen molar-refractivity contribution >= 4 is 17.4 Å². The molecule has 0 amide bonds. The number of alkyl halides is 1. The summed E-state index contributed by atoms with van der Waals surface area (Å²) in [7, 11) is 0. The molecule has 0 heterocycles. The molecule has 0 aliphatic heterocycles. The molecule has 0 aromatic rings. The zero-order valence-electron chi connectivity index (χ0n) is 4.39. The van der Waals surface area contributed by atoms with Crippen molar-refractivity contribution in [3.63, 3.8) is 0 Å². The molecule has 1 radical (unpaired) electrons. The standard InChI is InChI=1S/C4H6ClO3/c1-3(6)4(2-5)8-7/h4H,2H2,1H3. The van der Waals surface area contributed by atoms with Crippen molar-refractivity contribution in [2.24, 2.45) is 0 Å². The van der Waals surface area contributed by atoms with Gasteiger partial charge in [-0.25, -0.2) is 0 Å². The van der Waals surface area contributed by atoms with Gasteiger partial charge in [0, 0.05) is 0 Å². The van der Waals surface area contributed by atoms with Gasteiger partial charge in [-0.15, -0.1) is 11.6 Å². The van der Waals surface area contributed by atoms with Crippen LogP contribution in [0.3, 0.4) is 0 Å². The lowest BCUT2D eigenvalue weighted by Gasteiger charge is -2.00. The first-order valence-corrected chi connectivity index (χ1v) is 2.61. The molecule has 0 saturated heterocycles. The number of hydrogen-bond donors (Lipinski definition) is 0. The third-order valence-electron chi connectivity index (χ3n) is 0.710. The smallest absolute Gasteiger partial charge is 0.167 e. The number of carbonyl (C=O) groups excluding carboxylic acids is 1. The topological polar surface area (TPSA) is 46.2 Å². The van der Waals surface area contributed by atoms with Crippen molar-refractivity contribution in [3.8, 4) is 0 Å². The Labute approximate surface area is 52.1 Å². The molecule has 1 unspecified atom stereocenters. The first-order valence-electron chi connectivity index (χ1n) is 2.07. The first kappa shape index (κ1) is 7.88. The van der Waals surface area contributed by atoms with E-state index in [1.165, 1.54) is 6.92 Å². The minimum absolute atomic E-state index is 0.0706. The van der Waals surface area contributed by atoms with Crippen LogP contribution in [0.2, 0.25) is 0 Å². The van der Waals surface area contributed by atoms with E-state index < -0.39 is 6.10 Å². The molecule has 1 atom stereocenters. The van der Waals surface area contributed by atoms with Gasteiger partial charge >= 0.3 is 0 Å². The van der Waals surface area contributed by atoms with Gasteiger partial charge in [0.25, 0.3) is 0 Å². The fourth-order valence-electron chi connectivity index (χ4n) is 0.202. The van der Waals surface area contributed by atoms with Gasteiger partial charge in [0.1, 0.15) is 0 Å². The predicted molar refractivity (Wildman–Crippen MR) is 27.0 cm³/mol. The minimum Gasteiger partial charge on any atom is -0.297 e. The molecule has 0 saturated carbocycles. The second-order valence-electron chi connectivity index (χ2n) is 1.35. The Hall–Kier alpha value is -0.120. The summed E-state index contributed by atoms with van der Waals surface area (Å²) >= 11 is 5.12. The zero-order valence-corrected chi connectivity index (χ0v) is 5.14. The van der Waals surface area contributed by atoms with Crippen molar-refractivity contribution in [2.75, 3.05) is 5.88 Å². The Balaban J connectivity index is 3.52. The van der Waals surface area contributed by atoms with E-state index in [4.69, 9.17) is 11.6 Å². The molecule has 8 heavy (non-hydrogen) atoms. The monoisotopic (exact) mass is 137 g/mol. The Morgan fingerprint density at radius 1 is 1.88 bits per heavy atom. The Morgan fingerprint density at radius 3 is 2.38 bits per heavy atom. The van der Waals surface area contributed by atoms with Gasteiger partial charge in [-0.1, -0.05) is 0 Å². The second-order valence-corrected chi connectivity index (χ2v) is 1.66. The van der Waals surface area contributed by atoms with Gasteiger partial charge in [-0.2, -0.15) is 4.89 Å². The van der Waals surface area contributed by atoms with Crippen LogP contribution >= 0.6 is 11.6 Å². The van der Waals surface area contributed by atoms with Crippen LogP contribution in [0.1, 0.15) is 6.92 Å². The molecule has 0 aromatic heterocycles. The van der Waals surface area contributed by atoms with Crippen molar-refractivity contribution in [1.29, 1.82) is 0 Å². The Bertz CT molecular complexity index is 79.4. The number of carbonyl (C=O) groups is 1. The fraction of sp³-hybridized carbons (Fsp3) is 0.750. The van der Waals surface area contributed by atoms with E-state index in [9.17, 15) is 10.1 Å². The molecule has 3 nitrogen and oxygen atoms in total. The quantitative estimate of drug-likeness (QED) is 0.324. The third kappa shape index (κ3) is 2.26. The minimum atomic E-state index is -0.975. The van der Waals surface area contributed by atoms with Crippen LogP contribution in [0.5, 0.6) is 0 Å². The molecule has 0 spiro atoms. The van der Waals surface area contributed by atoms with Crippen LogP contribution in [0, 0.1) is 0 Å². The lowest BCUT2D eigenvalue weighted by Crippen LogP contribution is -2.20. The lowest BCUT2D eigenvalue weighted by atomic mass is 10.3. The SMILES string of the molecule is CC(=O)C(CCl)O[O]. The number of rotatable bonds is 3. The summed E-state index contributed by atoms with van der Waals surface area (Å²) in [6.07, 6.45) is -0.975. The molecule has 0 N–H and O–H groups in total. The molecule has 0 fully saturated rings. The van der Waals surface area contributed by atoms with Crippen molar-refractivity contribution < 1.29 is 14.9 Å². The highest BCUT2D eigenvalue weighted by Crippen LogP contribution is 1.93. The van der Waals surface area contributed by atoms with Crippen molar-refractivity contribution in [3.05, 3.63) is 0 Å². The number of ketones is 1. The first-order chi connectivity index (χ1) is 3.72. The molecule has 0 aliphatic rings. The molecule has 0 aliphatic carbocycles. The highest BCUT2D eigenvalue weighted by atomic mass is 35.5. The zero-order chi connectivity index (χ0) is 6.57. The number of hydrogen-bond acceptors (Lipinski definition) is 2. The highest BCUT2D eigenvalue weighted by molar-refractivity contribution is 6.19. The maximum Gasteiger partial charge on any atom is 0.167 e.